The van der Waals surface area contributed by atoms with Crippen molar-refractivity contribution in [2.75, 3.05) is 18.6 Å². The second kappa shape index (κ2) is 6.28. The molecule has 2 rings (SSSR count). The van der Waals surface area contributed by atoms with Crippen LogP contribution in [0.2, 0.25) is 0 Å². The van der Waals surface area contributed by atoms with Crippen LogP contribution in [0, 0.1) is 5.92 Å². The number of anilines is 1. The number of nitrogens with zero attached hydrogens (tertiary/aromatic N) is 1. The third kappa shape index (κ3) is 3.44. The molecule has 0 bridgehead atoms. The Morgan fingerprint density at radius 1 is 1.35 bits per heavy atom. The number of aliphatic carboxylic acids is 1. The quantitative estimate of drug-likeness (QED) is 0.844. The van der Waals surface area contributed by atoms with E-state index in [4.69, 9.17) is 9.84 Å². The highest BCUT2D eigenvalue weighted by Gasteiger charge is 2.39. The molecule has 2 N–H and O–H groups in total. The number of methoxy groups -OCH3 is 1. The maximum absolute atomic E-state index is 12.3. The maximum Gasteiger partial charge on any atom is 0.328 e. The molecule has 1 atom stereocenters. The van der Waals surface area contributed by atoms with Gasteiger partial charge in [0.1, 0.15) is 11.3 Å². The van der Waals surface area contributed by atoms with Crippen LogP contribution in [0.25, 0.3) is 0 Å². The number of para-hydroxylation sites is 2. The Hall–Kier alpha value is -2.57. The average molecular weight is 320 g/mol. The molecule has 0 spiro atoms. The molecule has 1 aliphatic heterocycles. The number of carboxylic acids is 1. The summed E-state index contributed by atoms with van der Waals surface area (Å²) in [7, 11) is 1.51. The van der Waals surface area contributed by atoms with E-state index < -0.39 is 23.3 Å². The number of hydrogen-bond acceptors (Lipinski definition) is 4. The first kappa shape index (κ1) is 16.8. The molecule has 7 heteroatoms. The van der Waals surface area contributed by atoms with Gasteiger partial charge in [0.15, 0.2) is 0 Å². The van der Waals surface area contributed by atoms with Crippen molar-refractivity contribution >= 4 is 23.5 Å². The van der Waals surface area contributed by atoms with Gasteiger partial charge in [-0.3, -0.25) is 9.59 Å². The van der Waals surface area contributed by atoms with Gasteiger partial charge in [0.2, 0.25) is 11.8 Å². The largest absolute Gasteiger partial charge is 0.495 e. The molecule has 1 aromatic carbocycles. The molecule has 2 amide bonds. The standard InChI is InChI=1S/C16H20N2O5/c1-16(2,15(21)22)17-14(20)10-8-13(19)18(9-10)11-6-4-5-7-12(11)23-3/h4-7,10H,8-9H2,1-3H3,(H,17,20)(H,21,22). The van der Waals surface area contributed by atoms with Crippen molar-refractivity contribution in [2.45, 2.75) is 25.8 Å². The van der Waals surface area contributed by atoms with E-state index >= 15 is 0 Å². The van der Waals surface area contributed by atoms with Crippen LogP contribution in [0.4, 0.5) is 5.69 Å². The van der Waals surface area contributed by atoms with Gasteiger partial charge < -0.3 is 20.1 Å². The minimum atomic E-state index is -1.38. The third-order valence-electron chi connectivity index (χ3n) is 3.84. The van der Waals surface area contributed by atoms with E-state index in [0.717, 1.165) is 0 Å². The normalized spacial score (nSPS) is 18.0. The third-order valence-corrected chi connectivity index (χ3v) is 3.84. The Balaban J connectivity index is 2.14. The van der Waals surface area contributed by atoms with Crippen LogP contribution in [-0.2, 0) is 14.4 Å². The number of hydrogen-bond donors (Lipinski definition) is 2. The van der Waals surface area contributed by atoms with Crippen LogP contribution in [0.5, 0.6) is 5.75 Å². The van der Waals surface area contributed by atoms with E-state index in [9.17, 15) is 14.4 Å². The summed E-state index contributed by atoms with van der Waals surface area (Å²) >= 11 is 0. The Morgan fingerprint density at radius 2 is 2.00 bits per heavy atom. The molecule has 0 saturated carbocycles. The van der Waals surface area contributed by atoms with Gasteiger partial charge in [-0.1, -0.05) is 12.1 Å². The topological polar surface area (TPSA) is 95.9 Å². The molecule has 0 aliphatic carbocycles. The molecule has 1 aliphatic rings. The number of ether oxygens (including phenoxy) is 1. The molecule has 1 aromatic rings. The predicted molar refractivity (Wildman–Crippen MR) is 83.3 cm³/mol. The van der Waals surface area contributed by atoms with Crippen molar-refractivity contribution in [3.8, 4) is 5.75 Å². The number of carbonyl (C=O) groups is 3. The molecule has 0 aromatic heterocycles. The number of carboxylic acid groups (broad SMARTS) is 1. The minimum absolute atomic E-state index is 0.0413. The number of rotatable bonds is 5. The lowest BCUT2D eigenvalue weighted by Crippen LogP contribution is -2.51. The van der Waals surface area contributed by atoms with E-state index in [-0.39, 0.29) is 18.9 Å². The van der Waals surface area contributed by atoms with Crippen molar-refractivity contribution in [3.05, 3.63) is 24.3 Å². The molecule has 1 heterocycles. The molecular weight excluding hydrogens is 300 g/mol. The Labute approximate surface area is 134 Å². The van der Waals surface area contributed by atoms with Gasteiger partial charge >= 0.3 is 5.97 Å². The molecule has 1 fully saturated rings. The fourth-order valence-corrected chi connectivity index (χ4v) is 2.43. The van der Waals surface area contributed by atoms with Crippen molar-refractivity contribution < 1.29 is 24.2 Å². The van der Waals surface area contributed by atoms with Crippen LogP contribution < -0.4 is 15.0 Å². The van der Waals surface area contributed by atoms with Gasteiger partial charge in [-0.15, -0.1) is 0 Å². The monoisotopic (exact) mass is 320 g/mol. The first-order valence-corrected chi connectivity index (χ1v) is 7.25. The van der Waals surface area contributed by atoms with E-state index in [1.54, 1.807) is 24.3 Å². The SMILES string of the molecule is COc1ccccc1N1CC(C(=O)NC(C)(C)C(=O)O)CC1=O. The fourth-order valence-electron chi connectivity index (χ4n) is 2.43. The molecule has 0 radical (unpaired) electrons. The van der Waals surface area contributed by atoms with Gasteiger partial charge in [0, 0.05) is 13.0 Å². The fraction of sp³-hybridized carbons (Fsp3) is 0.438. The smallest absolute Gasteiger partial charge is 0.328 e. The maximum atomic E-state index is 12.3. The highest BCUT2D eigenvalue weighted by Crippen LogP contribution is 2.32. The van der Waals surface area contributed by atoms with Gasteiger partial charge in [-0.05, 0) is 26.0 Å². The number of nitrogens with one attached hydrogen (secondary N) is 1. The zero-order chi connectivity index (χ0) is 17.2. The van der Waals surface area contributed by atoms with Crippen LogP contribution in [0.3, 0.4) is 0 Å². The zero-order valence-electron chi connectivity index (χ0n) is 13.3. The summed E-state index contributed by atoms with van der Waals surface area (Å²) in [5, 5.41) is 11.5. The van der Waals surface area contributed by atoms with Crippen molar-refractivity contribution in [3.63, 3.8) is 0 Å². The van der Waals surface area contributed by atoms with E-state index in [0.29, 0.717) is 11.4 Å². The van der Waals surface area contributed by atoms with Gasteiger partial charge in [0.05, 0.1) is 18.7 Å². The minimum Gasteiger partial charge on any atom is -0.495 e. The van der Waals surface area contributed by atoms with E-state index in [2.05, 4.69) is 5.32 Å². The summed E-state index contributed by atoms with van der Waals surface area (Å²) < 4.78 is 5.24. The molecule has 1 saturated heterocycles. The first-order valence-electron chi connectivity index (χ1n) is 7.25. The summed E-state index contributed by atoms with van der Waals surface area (Å²) in [4.78, 5) is 37.1. The first-order chi connectivity index (χ1) is 10.8. The van der Waals surface area contributed by atoms with Crippen LogP contribution in [-0.4, -0.2) is 42.1 Å². The highest BCUT2D eigenvalue weighted by atomic mass is 16.5. The zero-order valence-corrected chi connectivity index (χ0v) is 13.3. The van der Waals surface area contributed by atoms with Crippen LogP contribution in [0.1, 0.15) is 20.3 Å². The van der Waals surface area contributed by atoms with Crippen LogP contribution in [0.15, 0.2) is 24.3 Å². The summed E-state index contributed by atoms with van der Waals surface area (Å²) in [5.74, 6) is -1.80. The number of amides is 2. The van der Waals surface area contributed by atoms with Crippen molar-refractivity contribution in [1.82, 2.24) is 5.32 Å². The molecule has 124 valence electrons. The number of benzene rings is 1. The van der Waals surface area contributed by atoms with Crippen molar-refractivity contribution in [2.24, 2.45) is 5.92 Å². The van der Waals surface area contributed by atoms with E-state index in [1.807, 2.05) is 0 Å². The van der Waals surface area contributed by atoms with Gasteiger partial charge in [-0.2, -0.15) is 0 Å². The summed E-state index contributed by atoms with van der Waals surface area (Å²) in [6, 6.07) is 7.07. The predicted octanol–water partition coefficient (Wildman–Crippen LogP) is 1.03. The Kier molecular flexibility index (Phi) is 4.58. The van der Waals surface area contributed by atoms with Gasteiger partial charge in [0.25, 0.3) is 0 Å². The second-order valence-corrected chi connectivity index (χ2v) is 6.00. The highest BCUT2D eigenvalue weighted by molar-refractivity contribution is 6.02. The lowest BCUT2D eigenvalue weighted by Gasteiger charge is -2.23. The average Bonchev–Trinajstić information content (AvgIpc) is 2.88. The lowest BCUT2D eigenvalue weighted by molar-refractivity contribution is -0.146. The second-order valence-electron chi connectivity index (χ2n) is 6.00. The summed E-state index contributed by atoms with van der Waals surface area (Å²) in [6.45, 7) is 3.00. The van der Waals surface area contributed by atoms with Crippen LogP contribution >= 0.6 is 0 Å². The Morgan fingerprint density at radius 3 is 2.61 bits per heavy atom. The molecule has 7 nitrogen and oxygen atoms in total. The number of carbonyl (C=O) groups excluding carboxylic acids is 2. The molecular formula is C16H20N2O5. The van der Waals surface area contributed by atoms with Gasteiger partial charge in [-0.25, -0.2) is 4.79 Å². The summed E-state index contributed by atoms with van der Waals surface area (Å²) in [5.41, 5.74) is -0.773. The summed E-state index contributed by atoms with van der Waals surface area (Å²) in [6.07, 6.45) is 0.0413. The molecule has 23 heavy (non-hydrogen) atoms. The molecule has 1 unspecified atom stereocenters. The Bertz CT molecular complexity index is 641. The van der Waals surface area contributed by atoms with E-state index in [1.165, 1.54) is 25.9 Å². The van der Waals surface area contributed by atoms with Crippen molar-refractivity contribution in [1.29, 1.82) is 0 Å². The lowest BCUT2D eigenvalue weighted by atomic mass is 10.0.